The van der Waals surface area contributed by atoms with Gasteiger partial charge in [-0.25, -0.2) is 0 Å². The van der Waals surface area contributed by atoms with Crippen LogP contribution in [0.1, 0.15) is 13.3 Å². The molecule has 0 bridgehead atoms. The summed E-state index contributed by atoms with van der Waals surface area (Å²) in [7, 11) is 0. The van der Waals surface area contributed by atoms with E-state index in [-0.39, 0.29) is 6.10 Å². The Balaban J connectivity index is 2.18. The van der Waals surface area contributed by atoms with Crippen LogP contribution in [-0.2, 0) is 0 Å². The van der Waals surface area contributed by atoms with Gasteiger partial charge in [-0.2, -0.15) is 0 Å². The van der Waals surface area contributed by atoms with Crippen molar-refractivity contribution in [2.45, 2.75) is 25.5 Å². The van der Waals surface area contributed by atoms with E-state index >= 15 is 0 Å². The van der Waals surface area contributed by atoms with Crippen LogP contribution >= 0.6 is 0 Å². The molecule has 0 spiro atoms. The Labute approximate surface area is 61.8 Å². The van der Waals surface area contributed by atoms with Gasteiger partial charge in [0, 0.05) is 19.1 Å². The number of aliphatic hydroxyl groups is 1. The summed E-state index contributed by atoms with van der Waals surface area (Å²) in [6.45, 7) is 4.58. The first-order valence-electron chi connectivity index (χ1n) is 3.84. The van der Waals surface area contributed by atoms with Crippen LogP contribution in [0.4, 0.5) is 0 Å². The maximum atomic E-state index is 9.02. The Morgan fingerprint density at radius 2 is 2.50 bits per heavy atom. The SMILES string of the molecule is CC(O)CN1CCC(N)C1. The number of β-amino-alcohol motifs (C(OH)–C–C–N with tert-alkyl or cyclic N) is 1. The van der Waals surface area contributed by atoms with Crippen LogP contribution in [0.5, 0.6) is 0 Å². The van der Waals surface area contributed by atoms with Gasteiger partial charge in [0.1, 0.15) is 0 Å². The van der Waals surface area contributed by atoms with E-state index in [4.69, 9.17) is 10.8 Å². The molecule has 1 fully saturated rings. The number of nitrogens with zero attached hydrogens (tertiary/aromatic N) is 1. The van der Waals surface area contributed by atoms with Crippen LogP contribution in [0.2, 0.25) is 0 Å². The molecule has 3 N–H and O–H groups in total. The van der Waals surface area contributed by atoms with Crippen LogP contribution in [0.15, 0.2) is 0 Å². The summed E-state index contributed by atoms with van der Waals surface area (Å²) in [5.41, 5.74) is 5.68. The topological polar surface area (TPSA) is 49.5 Å². The lowest BCUT2D eigenvalue weighted by atomic mass is 10.3. The van der Waals surface area contributed by atoms with Crippen molar-refractivity contribution in [3.05, 3.63) is 0 Å². The highest BCUT2D eigenvalue weighted by atomic mass is 16.3. The largest absolute Gasteiger partial charge is 0.392 e. The molecule has 0 aliphatic carbocycles. The predicted octanol–water partition coefficient (Wildman–Crippen LogP) is -0.600. The smallest absolute Gasteiger partial charge is 0.0639 e. The summed E-state index contributed by atoms with van der Waals surface area (Å²) >= 11 is 0. The van der Waals surface area contributed by atoms with Crippen molar-refractivity contribution < 1.29 is 5.11 Å². The van der Waals surface area contributed by atoms with Crippen LogP contribution in [-0.4, -0.2) is 41.8 Å². The monoisotopic (exact) mass is 144 g/mol. The minimum atomic E-state index is -0.217. The highest BCUT2D eigenvalue weighted by Gasteiger charge is 2.19. The van der Waals surface area contributed by atoms with Crippen molar-refractivity contribution in [2.75, 3.05) is 19.6 Å². The standard InChI is InChI=1S/C7H16N2O/c1-6(10)4-9-3-2-7(8)5-9/h6-7,10H,2-5,8H2,1H3. The highest BCUT2D eigenvalue weighted by Crippen LogP contribution is 2.06. The third-order valence-electron chi connectivity index (χ3n) is 1.83. The molecular formula is C7H16N2O. The normalized spacial score (nSPS) is 30.9. The van der Waals surface area contributed by atoms with Gasteiger partial charge in [-0.15, -0.1) is 0 Å². The third kappa shape index (κ3) is 2.25. The molecule has 2 atom stereocenters. The Kier molecular flexibility index (Phi) is 2.65. The lowest BCUT2D eigenvalue weighted by Gasteiger charge is -2.16. The van der Waals surface area contributed by atoms with Crippen molar-refractivity contribution in [2.24, 2.45) is 5.73 Å². The zero-order valence-corrected chi connectivity index (χ0v) is 6.45. The molecule has 0 saturated carbocycles. The van der Waals surface area contributed by atoms with Gasteiger partial charge in [0.05, 0.1) is 6.10 Å². The van der Waals surface area contributed by atoms with E-state index in [0.717, 1.165) is 26.1 Å². The van der Waals surface area contributed by atoms with E-state index in [0.29, 0.717) is 6.04 Å². The molecule has 0 aromatic heterocycles. The van der Waals surface area contributed by atoms with Gasteiger partial charge < -0.3 is 10.8 Å². The van der Waals surface area contributed by atoms with E-state index < -0.39 is 0 Å². The second-order valence-electron chi connectivity index (χ2n) is 3.16. The second-order valence-corrected chi connectivity index (χ2v) is 3.16. The molecule has 0 aromatic carbocycles. The first-order valence-corrected chi connectivity index (χ1v) is 3.84. The minimum absolute atomic E-state index is 0.217. The molecule has 10 heavy (non-hydrogen) atoms. The van der Waals surface area contributed by atoms with Gasteiger partial charge >= 0.3 is 0 Å². The first-order chi connectivity index (χ1) is 4.68. The van der Waals surface area contributed by atoms with Crippen molar-refractivity contribution in [1.29, 1.82) is 0 Å². The number of aliphatic hydroxyl groups excluding tert-OH is 1. The lowest BCUT2D eigenvalue weighted by molar-refractivity contribution is 0.140. The van der Waals surface area contributed by atoms with Crippen LogP contribution in [0.3, 0.4) is 0 Å². The number of hydrogen-bond acceptors (Lipinski definition) is 3. The molecule has 0 radical (unpaired) electrons. The minimum Gasteiger partial charge on any atom is -0.392 e. The summed E-state index contributed by atoms with van der Waals surface area (Å²) in [5.74, 6) is 0. The Morgan fingerprint density at radius 3 is 2.90 bits per heavy atom. The van der Waals surface area contributed by atoms with Gasteiger partial charge in [-0.1, -0.05) is 0 Å². The average molecular weight is 144 g/mol. The molecule has 0 amide bonds. The molecule has 0 aromatic rings. The Bertz CT molecular complexity index is 106. The van der Waals surface area contributed by atoms with Gasteiger partial charge in [-0.3, -0.25) is 4.90 Å². The van der Waals surface area contributed by atoms with Gasteiger partial charge in [0.25, 0.3) is 0 Å². The highest BCUT2D eigenvalue weighted by molar-refractivity contribution is 4.78. The van der Waals surface area contributed by atoms with Crippen LogP contribution in [0.25, 0.3) is 0 Å². The van der Waals surface area contributed by atoms with E-state index in [1.807, 2.05) is 6.92 Å². The predicted molar refractivity (Wildman–Crippen MR) is 40.7 cm³/mol. The lowest BCUT2D eigenvalue weighted by Crippen LogP contribution is -2.31. The summed E-state index contributed by atoms with van der Waals surface area (Å²) < 4.78 is 0. The molecule has 1 aliphatic rings. The number of hydrogen-bond donors (Lipinski definition) is 2. The molecule has 60 valence electrons. The van der Waals surface area contributed by atoms with Crippen LogP contribution in [0, 0.1) is 0 Å². The van der Waals surface area contributed by atoms with E-state index in [2.05, 4.69) is 4.90 Å². The average Bonchev–Trinajstić information content (AvgIpc) is 2.13. The zero-order valence-electron chi connectivity index (χ0n) is 6.45. The van der Waals surface area contributed by atoms with Crippen molar-refractivity contribution in [3.63, 3.8) is 0 Å². The molecule has 1 aliphatic heterocycles. The van der Waals surface area contributed by atoms with Crippen molar-refractivity contribution >= 4 is 0 Å². The number of rotatable bonds is 2. The maximum absolute atomic E-state index is 9.02. The van der Waals surface area contributed by atoms with E-state index in [1.54, 1.807) is 0 Å². The van der Waals surface area contributed by atoms with Gasteiger partial charge in [0.2, 0.25) is 0 Å². The molecule has 3 nitrogen and oxygen atoms in total. The molecular weight excluding hydrogens is 128 g/mol. The quantitative estimate of drug-likeness (QED) is 0.544. The van der Waals surface area contributed by atoms with Crippen LogP contribution < -0.4 is 5.73 Å². The molecule has 1 heterocycles. The van der Waals surface area contributed by atoms with E-state index in [1.165, 1.54) is 0 Å². The van der Waals surface area contributed by atoms with Crippen molar-refractivity contribution in [3.8, 4) is 0 Å². The van der Waals surface area contributed by atoms with Crippen molar-refractivity contribution in [1.82, 2.24) is 4.90 Å². The summed E-state index contributed by atoms with van der Waals surface area (Å²) in [6, 6.07) is 0.332. The fraction of sp³-hybridized carbons (Fsp3) is 1.00. The molecule has 3 heteroatoms. The number of nitrogens with two attached hydrogens (primary N) is 1. The van der Waals surface area contributed by atoms with Gasteiger partial charge in [-0.05, 0) is 19.9 Å². The first kappa shape index (κ1) is 7.98. The second kappa shape index (κ2) is 3.32. The maximum Gasteiger partial charge on any atom is 0.0639 e. The fourth-order valence-electron chi connectivity index (χ4n) is 1.40. The Hall–Kier alpha value is -0.120. The Morgan fingerprint density at radius 1 is 1.80 bits per heavy atom. The zero-order chi connectivity index (χ0) is 7.56. The number of likely N-dealkylation sites (tertiary alicyclic amines) is 1. The molecule has 1 saturated heterocycles. The summed E-state index contributed by atoms with van der Waals surface area (Å²) in [4.78, 5) is 2.20. The van der Waals surface area contributed by atoms with E-state index in [9.17, 15) is 0 Å². The molecule has 1 rings (SSSR count). The van der Waals surface area contributed by atoms with Gasteiger partial charge in [0.15, 0.2) is 0 Å². The summed E-state index contributed by atoms with van der Waals surface area (Å²) in [5, 5.41) is 9.02. The summed E-state index contributed by atoms with van der Waals surface area (Å²) in [6.07, 6.45) is 0.859. The fourth-order valence-corrected chi connectivity index (χ4v) is 1.40. The molecule has 2 unspecified atom stereocenters. The third-order valence-corrected chi connectivity index (χ3v) is 1.83.